The van der Waals surface area contributed by atoms with Gasteiger partial charge in [-0.1, -0.05) is 110 Å². The number of pyridine rings is 3. The number of amides is 3. The van der Waals surface area contributed by atoms with Gasteiger partial charge in [0, 0.05) is 76.9 Å². The van der Waals surface area contributed by atoms with E-state index in [1.165, 1.54) is 49.3 Å². The average Bonchev–Trinajstić information content (AvgIpc) is 1.66. The van der Waals surface area contributed by atoms with Crippen LogP contribution in [-0.2, 0) is 14.4 Å². The standard InChI is InChI=1S/2C26H20ClF2N5O.C23H18FN5OS/c2*1-3-19(35)33-10-9-18-25(33)13(2)34(18)26-16-11-30-23(22(29)24(16)31-12-32-26)15-6-4-5-14-7-8-17(28)21(27)20(14)15;1-2-18(30)28-8-6-16-17(28)11-29(16)23-15-10-25-20(19(24)21(15)26-12-27-23)14-5-3-4-13-7-9-31-22(13)14/h2*3-8,11-13,18,25H,1,9-10H2,2H3;2-5,7,9-10,12,16-17H,1,6,8,11H2/t13-,18+,25+;13-,18-,25-;16-,17-/m011/s1. The van der Waals surface area contributed by atoms with Crippen molar-refractivity contribution in [2.75, 3.05) is 40.9 Å². The van der Waals surface area contributed by atoms with Crippen LogP contribution in [0.1, 0.15) is 33.1 Å². The van der Waals surface area contributed by atoms with Crippen LogP contribution in [0.4, 0.5) is 39.4 Å². The number of fused-ring (bicyclic) bond motifs is 9. The first-order chi connectivity index (χ1) is 49.0. The smallest absolute Gasteiger partial charge is 0.246 e. The van der Waals surface area contributed by atoms with Crippen molar-refractivity contribution in [2.24, 2.45) is 0 Å². The molecule has 506 valence electrons. The molecule has 0 bridgehead atoms. The number of nitrogens with zero attached hydrogens (tertiary/aromatic N) is 15. The maximum absolute atomic E-state index is 15.9. The third-order valence-corrected chi connectivity index (χ3v) is 22.5. The van der Waals surface area contributed by atoms with E-state index in [1.807, 2.05) is 58.2 Å². The number of likely N-dealkylation sites (tertiary alicyclic amines) is 3. The van der Waals surface area contributed by atoms with E-state index in [0.29, 0.717) is 98.2 Å². The number of hydrogen-bond donors (Lipinski definition) is 0. The second kappa shape index (κ2) is 25.5. The fourth-order valence-corrected chi connectivity index (χ4v) is 17.6. The monoisotopic (exact) mass is 1410 g/mol. The van der Waals surface area contributed by atoms with E-state index < -0.39 is 29.1 Å². The van der Waals surface area contributed by atoms with Crippen molar-refractivity contribution >= 4 is 134 Å². The lowest BCUT2D eigenvalue weighted by Crippen LogP contribution is -2.69. The van der Waals surface area contributed by atoms with Crippen molar-refractivity contribution in [3.63, 3.8) is 0 Å². The molecule has 3 amide bonds. The average molecular weight is 1420 g/mol. The quantitative estimate of drug-likeness (QED) is 0.0980. The minimum atomic E-state index is -0.626. The van der Waals surface area contributed by atoms with Gasteiger partial charge in [0.05, 0.1) is 74.5 Å². The second-order valence-corrected chi connectivity index (χ2v) is 27.3. The molecule has 8 atom stereocenters. The van der Waals surface area contributed by atoms with Crippen molar-refractivity contribution in [1.29, 1.82) is 0 Å². The molecule has 0 radical (unpaired) electrons. The predicted molar refractivity (Wildman–Crippen MR) is 382 cm³/mol. The normalized spacial score (nSPS) is 21.0. The first-order valence-electron chi connectivity index (χ1n) is 32.7. The molecule has 26 heteroatoms. The zero-order chi connectivity index (χ0) is 70.0. The second-order valence-electron chi connectivity index (χ2n) is 25.6. The molecule has 0 aliphatic carbocycles. The van der Waals surface area contributed by atoms with Crippen LogP contribution in [0.25, 0.3) is 98.1 Å². The summed E-state index contributed by atoms with van der Waals surface area (Å²) in [5, 5.41) is 6.60. The molecule has 18 rings (SSSR count). The Bertz CT molecular complexity index is 5290. The molecule has 101 heavy (non-hydrogen) atoms. The first-order valence-corrected chi connectivity index (χ1v) is 34.4. The molecular weight excluding hydrogens is 1360 g/mol. The van der Waals surface area contributed by atoms with E-state index in [4.69, 9.17) is 23.2 Å². The summed E-state index contributed by atoms with van der Waals surface area (Å²) in [5.41, 5.74) is 2.44. The lowest BCUT2D eigenvalue weighted by atomic mass is 9.87. The van der Waals surface area contributed by atoms with Gasteiger partial charge in [0.2, 0.25) is 17.7 Å². The summed E-state index contributed by atoms with van der Waals surface area (Å²) in [6, 6.07) is 24.6. The molecule has 18 nitrogen and oxygen atoms in total. The minimum absolute atomic E-state index is 0.00733. The number of anilines is 3. The SMILES string of the molecule is C=CC(=O)N1CC[C@@H]2[C@H]1CN2c1ncnc2c(F)c(-c3cccc4ccsc34)ncc12.C=CC(=O)N1CC[C@@H]2[C@H]1[C@@H](C)N2c1ncnc2c(F)c(-c3cccc4ccc(F)c(Cl)c34)ncc12.C=CC(=O)N1CC[C@@H]2[C@H]1[C@H](C)N2c1ncnc2c(F)c(-c3cccc4ccc(F)c(Cl)c34)ncc12. The summed E-state index contributed by atoms with van der Waals surface area (Å²) >= 11 is 14.1. The number of hydrogen-bond acceptors (Lipinski definition) is 16. The Morgan fingerprint density at radius 1 is 0.475 bits per heavy atom. The predicted octanol–water partition coefficient (Wildman–Crippen LogP) is 14.3. The highest BCUT2D eigenvalue weighted by atomic mass is 35.5. The van der Waals surface area contributed by atoms with Crippen molar-refractivity contribution in [3.05, 3.63) is 205 Å². The van der Waals surface area contributed by atoms with Crippen molar-refractivity contribution in [2.45, 2.75) is 81.4 Å². The topological polar surface area (TPSA) is 187 Å². The molecule has 5 aromatic carbocycles. The molecule has 0 spiro atoms. The van der Waals surface area contributed by atoms with Gasteiger partial charge in [-0.3, -0.25) is 29.3 Å². The van der Waals surface area contributed by atoms with Crippen molar-refractivity contribution in [1.82, 2.24) is 59.6 Å². The molecule has 0 N–H and O–H groups in total. The van der Waals surface area contributed by atoms with Crippen LogP contribution in [0.15, 0.2) is 166 Å². The minimum Gasteiger partial charge on any atom is -0.349 e. The van der Waals surface area contributed by atoms with E-state index in [1.54, 1.807) is 78.5 Å². The lowest BCUT2D eigenvalue weighted by Gasteiger charge is -2.53. The maximum atomic E-state index is 15.9. The number of benzene rings is 5. The largest absolute Gasteiger partial charge is 0.349 e. The Morgan fingerprint density at radius 2 is 0.881 bits per heavy atom. The van der Waals surface area contributed by atoms with E-state index in [2.05, 4.69) is 79.3 Å². The number of aromatic nitrogens is 9. The van der Waals surface area contributed by atoms with Crippen LogP contribution < -0.4 is 14.7 Å². The van der Waals surface area contributed by atoms with Crippen LogP contribution in [0, 0.1) is 29.1 Å². The van der Waals surface area contributed by atoms with Crippen molar-refractivity contribution < 1.29 is 36.3 Å². The first kappa shape index (κ1) is 65.0. The molecular formula is C75H58Cl2F5N15O3S. The van der Waals surface area contributed by atoms with E-state index >= 15 is 13.2 Å². The fraction of sp³-hybridized carbons (Fsp3) is 0.227. The third-order valence-electron chi connectivity index (χ3n) is 20.8. The van der Waals surface area contributed by atoms with Gasteiger partial charge in [-0.25, -0.2) is 51.9 Å². The summed E-state index contributed by atoms with van der Waals surface area (Å²) in [6.07, 6.45) is 15.3. The summed E-state index contributed by atoms with van der Waals surface area (Å²) in [6.45, 7) is 17.5. The zero-order valence-corrected chi connectivity index (χ0v) is 56.4. The van der Waals surface area contributed by atoms with Gasteiger partial charge in [0.1, 0.15) is 81.7 Å². The Labute approximate surface area is 587 Å². The Kier molecular flexibility index (Phi) is 16.4. The van der Waals surface area contributed by atoms with Gasteiger partial charge >= 0.3 is 0 Å². The van der Waals surface area contributed by atoms with Crippen LogP contribution >= 0.6 is 34.5 Å². The fourth-order valence-electron chi connectivity index (χ4n) is 16.1. The highest BCUT2D eigenvalue weighted by molar-refractivity contribution is 7.17. The third kappa shape index (κ3) is 10.3. The lowest BCUT2D eigenvalue weighted by molar-refractivity contribution is -0.128. The number of carbonyl (C=O) groups excluding carboxylic acids is 3. The molecule has 7 aromatic heterocycles. The maximum Gasteiger partial charge on any atom is 0.246 e. The highest BCUT2D eigenvalue weighted by Gasteiger charge is 2.56. The van der Waals surface area contributed by atoms with Crippen molar-refractivity contribution in [3.8, 4) is 33.8 Å². The summed E-state index contributed by atoms with van der Waals surface area (Å²) in [5.74, 6) is -1.23. The van der Waals surface area contributed by atoms with Gasteiger partial charge in [-0.05, 0) is 91.1 Å². The van der Waals surface area contributed by atoms with Crippen LogP contribution in [0.3, 0.4) is 0 Å². The molecule has 6 aliphatic rings. The number of halogens is 7. The molecule has 0 saturated carbocycles. The number of carbonyl (C=O) groups is 3. The highest BCUT2D eigenvalue weighted by Crippen LogP contribution is 2.48. The van der Waals surface area contributed by atoms with Gasteiger partial charge in [0.15, 0.2) is 17.5 Å². The Hall–Kier alpha value is -10.7. The number of rotatable bonds is 9. The summed E-state index contributed by atoms with van der Waals surface area (Å²) in [4.78, 5) is 87.8. The Balaban J connectivity index is 0.000000118. The summed E-state index contributed by atoms with van der Waals surface area (Å²) < 4.78 is 76.8. The number of thiophene rings is 1. The molecule has 6 aliphatic heterocycles. The molecule has 0 unspecified atom stereocenters. The molecule has 13 heterocycles. The van der Waals surface area contributed by atoms with Gasteiger partial charge in [-0.15, -0.1) is 11.3 Å². The van der Waals surface area contributed by atoms with Gasteiger partial charge < -0.3 is 29.4 Å². The molecule has 6 fully saturated rings. The van der Waals surface area contributed by atoms with E-state index in [-0.39, 0.29) is 104 Å². The van der Waals surface area contributed by atoms with Gasteiger partial charge in [0.25, 0.3) is 0 Å². The van der Waals surface area contributed by atoms with E-state index in [9.17, 15) is 23.2 Å². The summed E-state index contributed by atoms with van der Waals surface area (Å²) in [7, 11) is 0. The Morgan fingerprint density at radius 3 is 1.36 bits per heavy atom. The van der Waals surface area contributed by atoms with Crippen LogP contribution in [-0.4, -0.2) is 152 Å². The molecule has 6 saturated heterocycles. The van der Waals surface area contributed by atoms with Crippen LogP contribution in [0.5, 0.6) is 0 Å². The zero-order valence-electron chi connectivity index (χ0n) is 54.0. The van der Waals surface area contributed by atoms with Gasteiger partial charge in [-0.2, -0.15) is 0 Å². The van der Waals surface area contributed by atoms with Crippen LogP contribution in [0.2, 0.25) is 10.0 Å². The molecule has 12 aromatic rings. The van der Waals surface area contributed by atoms with E-state index in [0.717, 1.165) is 34.9 Å².